The van der Waals surface area contributed by atoms with Crippen molar-refractivity contribution in [2.75, 3.05) is 33.0 Å². The van der Waals surface area contributed by atoms with E-state index in [0.717, 1.165) is 79.5 Å². The van der Waals surface area contributed by atoms with Gasteiger partial charge in [-0.15, -0.1) is 0 Å². The van der Waals surface area contributed by atoms with Gasteiger partial charge in [0.05, 0.1) is 17.6 Å². The number of ether oxygens (including phenoxy) is 2. The third-order valence-electron chi connectivity index (χ3n) is 6.85. The van der Waals surface area contributed by atoms with Crippen LogP contribution in [-0.4, -0.2) is 52.3 Å². The van der Waals surface area contributed by atoms with Crippen LogP contribution in [0.3, 0.4) is 0 Å². The number of para-hydroxylation sites is 2. The third-order valence-corrected chi connectivity index (χ3v) is 7.35. The van der Waals surface area contributed by atoms with E-state index in [9.17, 15) is 0 Å². The van der Waals surface area contributed by atoms with E-state index in [-0.39, 0.29) is 0 Å². The lowest BCUT2D eigenvalue weighted by molar-refractivity contribution is 0.174. The molecule has 6 rings (SSSR count). The molecule has 0 N–H and O–H groups in total. The van der Waals surface area contributed by atoms with Crippen molar-refractivity contribution >= 4 is 27.0 Å². The molecule has 6 nitrogen and oxygen atoms in total. The molecule has 0 radical (unpaired) electrons. The summed E-state index contributed by atoms with van der Waals surface area (Å²) < 4.78 is 14.5. The van der Waals surface area contributed by atoms with Crippen LogP contribution < -0.4 is 9.47 Å². The van der Waals surface area contributed by atoms with Crippen LogP contribution >= 0.6 is 15.9 Å². The van der Waals surface area contributed by atoms with Gasteiger partial charge in [0.1, 0.15) is 5.82 Å². The lowest BCUT2D eigenvalue weighted by Gasteiger charge is -2.22. The summed E-state index contributed by atoms with van der Waals surface area (Å²) in [5, 5.41) is 0. The van der Waals surface area contributed by atoms with Crippen molar-refractivity contribution in [1.82, 2.24) is 19.4 Å². The van der Waals surface area contributed by atoms with Crippen molar-refractivity contribution in [3.63, 3.8) is 0 Å². The van der Waals surface area contributed by atoms with Gasteiger partial charge in [0, 0.05) is 30.7 Å². The Balaban J connectivity index is 1.16. The monoisotopic (exact) mass is 532 g/mol. The molecule has 0 saturated carbocycles. The molecule has 0 spiro atoms. The fourth-order valence-corrected chi connectivity index (χ4v) is 5.53. The number of fused-ring (bicyclic) bond motifs is 2. The Hall–Kier alpha value is -2.87. The lowest BCUT2D eigenvalue weighted by atomic mass is 10.2. The summed E-state index contributed by atoms with van der Waals surface area (Å²) in [7, 11) is 0. The van der Waals surface area contributed by atoms with Crippen LogP contribution in [0.1, 0.15) is 23.4 Å². The van der Waals surface area contributed by atoms with E-state index in [0.29, 0.717) is 6.79 Å². The van der Waals surface area contributed by atoms with E-state index in [1.165, 1.54) is 16.6 Å². The Labute approximate surface area is 214 Å². The van der Waals surface area contributed by atoms with E-state index < -0.39 is 0 Å². The zero-order valence-electron chi connectivity index (χ0n) is 19.7. The molecule has 0 unspecified atom stereocenters. The highest BCUT2D eigenvalue weighted by Gasteiger charge is 2.20. The molecule has 1 aromatic heterocycles. The van der Waals surface area contributed by atoms with Crippen LogP contribution in [-0.2, 0) is 19.6 Å². The predicted octanol–water partition coefficient (Wildman–Crippen LogP) is 5.28. The van der Waals surface area contributed by atoms with E-state index in [1.807, 2.05) is 6.07 Å². The Kier molecular flexibility index (Phi) is 6.46. The SMILES string of the molecule is Brc1cccc(Cn2c(CN3CCCN(Cc4ccc5c(c4)OCO5)CC3)nc3ccccc32)c1. The van der Waals surface area contributed by atoms with Crippen LogP contribution in [0.25, 0.3) is 11.0 Å². The van der Waals surface area contributed by atoms with Crippen LogP contribution in [0.4, 0.5) is 0 Å². The molecule has 35 heavy (non-hydrogen) atoms. The Morgan fingerprint density at radius 3 is 2.43 bits per heavy atom. The fourth-order valence-electron chi connectivity index (χ4n) is 5.08. The number of aromatic nitrogens is 2. The maximum atomic E-state index is 5.56. The highest BCUT2D eigenvalue weighted by molar-refractivity contribution is 9.10. The zero-order chi connectivity index (χ0) is 23.6. The van der Waals surface area contributed by atoms with Crippen LogP contribution in [0.5, 0.6) is 11.5 Å². The van der Waals surface area contributed by atoms with Gasteiger partial charge >= 0.3 is 0 Å². The highest BCUT2D eigenvalue weighted by Crippen LogP contribution is 2.33. The van der Waals surface area contributed by atoms with Crippen molar-refractivity contribution in [2.24, 2.45) is 0 Å². The molecule has 3 aromatic carbocycles. The summed E-state index contributed by atoms with van der Waals surface area (Å²) in [6, 6.07) is 23.3. The minimum absolute atomic E-state index is 0.323. The lowest BCUT2D eigenvalue weighted by Crippen LogP contribution is -2.31. The first-order valence-corrected chi connectivity index (χ1v) is 13.0. The van der Waals surface area contributed by atoms with Gasteiger partial charge in [-0.25, -0.2) is 4.98 Å². The Morgan fingerprint density at radius 1 is 0.743 bits per heavy atom. The van der Waals surface area contributed by atoms with Gasteiger partial charge in [0.25, 0.3) is 0 Å². The molecule has 3 heterocycles. The molecule has 7 heteroatoms. The van der Waals surface area contributed by atoms with E-state index in [2.05, 4.69) is 91.0 Å². The average molecular weight is 533 g/mol. The summed E-state index contributed by atoms with van der Waals surface area (Å²) in [6.45, 7) is 7.19. The molecule has 180 valence electrons. The predicted molar refractivity (Wildman–Crippen MR) is 141 cm³/mol. The number of rotatable bonds is 6. The summed E-state index contributed by atoms with van der Waals surface area (Å²) in [5.41, 5.74) is 4.81. The fraction of sp³-hybridized carbons (Fsp3) is 0.321. The molecule has 1 fully saturated rings. The minimum atomic E-state index is 0.323. The van der Waals surface area contributed by atoms with Crippen LogP contribution in [0.2, 0.25) is 0 Å². The summed E-state index contributed by atoms with van der Waals surface area (Å²) in [6.07, 6.45) is 1.15. The zero-order valence-corrected chi connectivity index (χ0v) is 21.3. The maximum Gasteiger partial charge on any atom is 0.231 e. The number of nitrogens with zero attached hydrogens (tertiary/aromatic N) is 4. The van der Waals surface area contributed by atoms with Crippen molar-refractivity contribution in [3.8, 4) is 11.5 Å². The summed E-state index contributed by atoms with van der Waals surface area (Å²) >= 11 is 3.62. The van der Waals surface area contributed by atoms with E-state index in [4.69, 9.17) is 14.5 Å². The van der Waals surface area contributed by atoms with Crippen molar-refractivity contribution in [3.05, 3.63) is 88.2 Å². The first kappa shape index (κ1) is 22.6. The van der Waals surface area contributed by atoms with Crippen molar-refractivity contribution in [1.29, 1.82) is 0 Å². The second-order valence-corrected chi connectivity index (χ2v) is 10.2. The van der Waals surface area contributed by atoms with Crippen molar-refractivity contribution in [2.45, 2.75) is 26.1 Å². The quantitative estimate of drug-likeness (QED) is 0.337. The molecule has 2 aliphatic heterocycles. The molecule has 0 amide bonds. The number of benzene rings is 3. The van der Waals surface area contributed by atoms with Crippen LogP contribution in [0.15, 0.2) is 71.2 Å². The van der Waals surface area contributed by atoms with Crippen LogP contribution in [0, 0.1) is 0 Å². The standard InChI is InChI=1S/C28H29BrN4O2/c29-23-6-3-5-21(15-23)18-33-25-8-2-1-7-24(25)30-28(33)19-32-12-4-11-31(13-14-32)17-22-9-10-26-27(16-22)35-20-34-26/h1-3,5-10,15-16H,4,11-14,17-20H2. The molecule has 0 atom stereocenters. The van der Waals surface area contributed by atoms with Gasteiger partial charge in [0.15, 0.2) is 11.5 Å². The maximum absolute atomic E-state index is 5.56. The van der Waals surface area contributed by atoms with Gasteiger partial charge in [-0.05, 0) is 67.0 Å². The summed E-state index contributed by atoms with van der Waals surface area (Å²) in [4.78, 5) is 10.1. The van der Waals surface area contributed by atoms with Gasteiger partial charge in [-0.1, -0.05) is 46.3 Å². The van der Waals surface area contributed by atoms with Gasteiger partial charge in [-0.3, -0.25) is 9.80 Å². The smallest absolute Gasteiger partial charge is 0.231 e. The molecular formula is C28H29BrN4O2. The normalized spacial score (nSPS) is 16.6. The number of hydrogen-bond acceptors (Lipinski definition) is 5. The first-order chi connectivity index (χ1) is 17.2. The third kappa shape index (κ3) is 5.08. The molecule has 0 aliphatic carbocycles. The number of hydrogen-bond donors (Lipinski definition) is 0. The van der Waals surface area contributed by atoms with E-state index >= 15 is 0 Å². The molecular weight excluding hydrogens is 504 g/mol. The molecule has 4 aromatic rings. The first-order valence-electron chi connectivity index (χ1n) is 12.2. The Morgan fingerprint density at radius 2 is 1.54 bits per heavy atom. The summed E-state index contributed by atoms with van der Waals surface area (Å²) in [5.74, 6) is 2.85. The largest absolute Gasteiger partial charge is 0.454 e. The molecule has 0 bridgehead atoms. The van der Waals surface area contributed by atoms with E-state index in [1.54, 1.807) is 0 Å². The topological polar surface area (TPSA) is 42.8 Å². The Bertz CT molecular complexity index is 1340. The van der Waals surface area contributed by atoms with Gasteiger partial charge in [0.2, 0.25) is 6.79 Å². The second kappa shape index (κ2) is 10.0. The van der Waals surface area contributed by atoms with Crippen molar-refractivity contribution < 1.29 is 9.47 Å². The average Bonchev–Trinajstić information content (AvgIpc) is 3.39. The second-order valence-electron chi connectivity index (χ2n) is 9.33. The highest BCUT2D eigenvalue weighted by atomic mass is 79.9. The number of imidazole rings is 1. The molecule has 2 aliphatic rings. The van der Waals surface area contributed by atoms with Gasteiger partial charge in [-0.2, -0.15) is 0 Å². The minimum Gasteiger partial charge on any atom is -0.454 e. The molecule has 1 saturated heterocycles. The number of halogens is 1. The van der Waals surface area contributed by atoms with Gasteiger partial charge < -0.3 is 14.0 Å².